The highest BCUT2D eigenvalue weighted by molar-refractivity contribution is 6.00. The molecule has 12 nitrogen and oxygen atoms in total. The van der Waals surface area contributed by atoms with Gasteiger partial charge in [-0.05, 0) is 44.5 Å². The molecular weight excluding hydrogens is 492 g/mol. The molecule has 208 valence electrons. The number of nitrogens with one attached hydrogen (secondary N) is 3. The minimum atomic E-state index is -1.14. The minimum absolute atomic E-state index is 0.0105. The number of carbonyl (C=O) groups excluding carboxylic acids is 5. The number of hydrogen-bond acceptors (Lipinski definition) is 7. The van der Waals surface area contributed by atoms with Crippen LogP contribution in [0.4, 0.5) is 0 Å². The number of ether oxygens (including phenoxy) is 1. The molecule has 0 aliphatic carbocycles. The quantitative estimate of drug-likeness (QED) is 0.381. The summed E-state index contributed by atoms with van der Waals surface area (Å²) in [4.78, 5) is 67.0. The first kappa shape index (κ1) is 28.9. The predicted molar refractivity (Wildman–Crippen MR) is 139 cm³/mol. The highest BCUT2D eigenvalue weighted by Gasteiger charge is 2.28. The number of nitrogens with two attached hydrogens (primary N) is 1. The van der Waals surface area contributed by atoms with Gasteiger partial charge in [-0.1, -0.05) is 18.6 Å². The maximum atomic E-state index is 13.2. The number of benzene rings is 1. The number of amides is 5. The van der Waals surface area contributed by atoms with Gasteiger partial charge in [0.15, 0.2) is 0 Å². The fourth-order valence-corrected chi connectivity index (χ4v) is 4.54. The zero-order chi connectivity index (χ0) is 27.5. The molecule has 0 unspecified atom stereocenters. The summed E-state index contributed by atoms with van der Waals surface area (Å²) in [5.74, 6) is -2.39. The minimum Gasteiger partial charge on any atom is -0.491 e. The van der Waals surface area contributed by atoms with E-state index in [2.05, 4.69) is 20.9 Å². The Bertz CT molecular complexity index is 1010. The van der Waals surface area contributed by atoms with E-state index in [-0.39, 0.29) is 38.0 Å². The molecule has 2 heterocycles. The molecule has 12 heteroatoms. The molecule has 38 heavy (non-hydrogen) atoms. The lowest BCUT2D eigenvalue weighted by atomic mass is 10.1. The van der Waals surface area contributed by atoms with Crippen LogP contribution >= 0.6 is 0 Å². The maximum Gasteiger partial charge on any atom is 0.255 e. The van der Waals surface area contributed by atoms with Gasteiger partial charge in [0.1, 0.15) is 24.4 Å². The van der Waals surface area contributed by atoms with Crippen LogP contribution in [0.3, 0.4) is 0 Å². The Morgan fingerprint density at radius 2 is 1.82 bits per heavy atom. The van der Waals surface area contributed by atoms with Crippen LogP contribution < -0.4 is 26.4 Å². The number of fused-ring (bicyclic) bond motifs is 1. The van der Waals surface area contributed by atoms with Crippen molar-refractivity contribution in [1.29, 1.82) is 0 Å². The smallest absolute Gasteiger partial charge is 0.255 e. The molecule has 1 saturated heterocycles. The first-order valence-electron chi connectivity index (χ1n) is 13.1. The van der Waals surface area contributed by atoms with Crippen molar-refractivity contribution < 1.29 is 28.7 Å². The van der Waals surface area contributed by atoms with Crippen molar-refractivity contribution in [1.82, 2.24) is 25.8 Å². The summed E-state index contributed by atoms with van der Waals surface area (Å²) in [5.41, 5.74) is 5.53. The maximum absolute atomic E-state index is 13.2. The molecule has 1 aromatic carbocycles. The molecule has 2 aliphatic heterocycles. The fourth-order valence-electron chi connectivity index (χ4n) is 4.54. The van der Waals surface area contributed by atoms with Crippen LogP contribution in [-0.4, -0.2) is 97.8 Å². The largest absolute Gasteiger partial charge is 0.491 e. The molecule has 5 N–H and O–H groups in total. The van der Waals surface area contributed by atoms with Crippen molar-refractivity contribution in [3.8, 4) is 5.75 Å². The van der Waals surface area contributed by atoms with E-state index in [4.69, 9.17) is 10.5 Å². The first-order chi connectivity index (χ1) is 18.2. The summed E-state index contributed by atoms with van der Waals surface area (Å²) in [5, 5.41) is 8.16. The van der Waals surface area contributed by atoms with Gasteiger partial charge in [0.25, 0.3) is 5.91 Å². The number of nitrogens with zero attached hydrogens (tertiary/aromatic N) is 2. The van der Waals surface area contributed by atoms with Crippen LogP contribution in [0, 0.1) is 0 Å². The van der Waals surface area contributed by atoms with Gasteiger partial charge >= 0.3 is 0 Å². The lowest BCUT2D eigenvalue weighted by molar-refractivity contribution is -0.137. The monoisotopic (exact) mass is 530 g/mol. The highest BCUT2D eigenvalue weighted by Crippen LogP contribution is 2.19. The van der Waals surface area contributed by atoms with Gasteiger partial charge in [-0.25, -0.2) is 0 Å². The molecule has 1 fully saturated rings. The Morgan fingerprint density at radius 3 is 2.55 bits per heavy atom. The average Bonchev–Trinajstić information content (AvgIpc) is 2.90. The molecule has 0 saturated carbocycles. The van der Waals surface area contributed by atoms with E-state index in [0.29, 0.717) is 18.8 Å². The van der Waals surface area contributed by atoms with Crippen LogP contribution in [0.1, 0.15) is 48.9 Å². The van der Waals surface area contributed by atoms with Crippen molar-refractivity contribution in [3.05, 3.63) is 29.8 Å². The van der Waals surface area contributed by atoms with Crippen molar-refractivity contribution in [2.24, 2.45) is 5.73 Å². The summed E-state index contributed by atoms with van der Waals surface area (Å²) in [6.07, 6.45) is 2.96. The standard InChI is InChI=1S/C26H38N6O6/c1-31-15-16-38-21-8-4-3-7-18(21)24(35)30-19(25(36)28-11-14-32-12-5-2-6-13-32)9-10-23(34)29-20(26(31)37)17-22(27)33/h3-4,7-8,19-20H,2,5-6,9-17H2,1H3,(H2,27,33)(H,28,36)(H,29,34)(H,30,35)/t19-,20-/m0/s1. The molecular formula is C26H38N6O6. The average molecular weight is 531 g/mol. The molecule has 3 rings (SSSR count). The third kappa shape index (κ3) is 8.72. The van der Waals surface area contributed by atoms with Crippen molar-refractivity contribution in [2.45, 2.75) is 50.6 Å². The van der Waals surface area contributed by atoms with Crippen LogP contribution in [0.2, 0.25) is 0 Å². The Hall–Kier alpha value is -3.67. The van der Waals surface area contributed by atoms with Gasteiger partial charge in [0, 0.05) is 26.6 Å². The Balaban J connectivity index is 1.76. The third-order valence-corrected chi connectivity index (χ3v) is 6.69. The second-order valence-corrected chi connectivity index (χ2v) is 9.65. The zero-order valence-electron chi connectivity index (χ0n) is 21.9. The van der Waals surface area contributed by atoms with Gasteiger partial charge in [0.05, 0.1) is 18.5 Å². The topological polar surface area (TPSA) is 163 Å². The van der Waals surface area contributed by atoms with E-state index >= 15 is 0 Å². The predicted octanol–water partition coefficient (Wildman–Crippen LogP) is -0.622. The van der Waals surface area contributed by atoms with Crippen molar-refractivity contribution in [3.63, 3.8) is 0 Å². The summed E-state index contributed by atoms with van der Waals surface area (Å²) < 4.78 is 5.78. The van der Waals surface area contributed by atoms with Crippen molar-refractivity contribution >= 4 is 29.5 Å². The van der Waals surface area contributed by atoms with Crippen LogP contribution in [0.25, 0.3) is 0 Å². The van der Waals surface area contributed by atoms with Gasteiger partial charge < -0.3 is 36.2 Å². The molecule has 2 atom stereocenters. The van der Waals surface area contributed by atoms with Gasteiger partial charge in [0.2, 0.25) is 23.6 Å². The van der Waals surface area contributed by atoms with E-state index in [1.165, 1.54) is 18.4 Å². The molecule has 1 aromatic rings. The lowest BCUT2D eigenvalue weighted by Crippen LogP contribution is -2.51. The molecule has 0 aromatic heterocycles. The van der Waals surface area contributed by atoms with E-state index in [1.54, 1.807) is 24.3 Å². The number of carbonyl (C=O) groups is 5. The van der Waals surface area contributed by atoms with E-state index in [1.807, 2.05) is 0 Å². The molecule has 2 aliphatic rings. The Labute approximate surface area is 222 Å². The summed E-state index contributed by atoms with van der Waals surface area (Å²) in [6.45, 7) is 3.31. The van der Waals surface area contributed by atoms with Gasteiger partial charge in [-0.3, -0.25) is 24.0 Å². The first-order valence-corrected chi connectivity index (χ1v) is 13.1. The third-order valence-electron chi connectivity index (χ3n) is 6.69. The number of para-hydroxylation sites is 1. The van der Waals surface area contributed by atoms with Crippen molar-refractivity contribution in [2.75, 3.05) is 46.4 Å². The normalized spacial score (nSPS) is 22.1. The summed E-state index contributed by atoms with van der Waals surface area (Å²) >= 11 is 0. The second kappa shape index (κ2) is 14.3. The van der Waals surface area contributed by atoms with E-state index < -0.39 is 41.6 Å². The molecule has 5 amide bonds. The fraction of sp³-hybridized carbons (Fsp3) is 0.577. The molecule has 0 radical (unpaired) electrons. The van der Waals surface area contributed by atoms with Crippen LogP contribution in [-0.2, 0) is 19.2 Å². The van der Waals surface area contributed by atoms with Gasteiger partial charge in [-0.15, -0.1) is 0 Å². The number of primary amides is 1. The van der Waals surface area contributed by atoms with Crippen LogP contribution in [0.15, 0.2) is 24.3 Å². The highest BCUT2D eigenvalue weighted by atomic mass is 16.5. The number of likely N-dealkylation sites (tertiary alicyclic amines) is 1. The second-order valence-electron chi connectivity index (χ2n) is 9.65. The number of piperidine rings is 1. The Kier molecular flexibility index (Phi) is 10.9. The number of rotatable bonds is 6. The zero-order valence-corrected chi connectivity index (χ0v) is 21.9. The number of hydrogen-bond donors (Lipinski definition) is 4. The van der Waals surface area contributed by atoms with E-state index in [9.17, 15) is 24.0 Å². The molecule has 0 spiro atoms. The molecule has 0 bridgehead atoms. The summed E-state index contributed by atoms with van der Waals surface area (Å²) in [7, 11) is 1.52. The van der Waals surface area contributed by atoms with Crippen LogP contribution in [0.5, 0.6) is 5.75 Å². The lowest BCUT2D eigenvalue weighted by Gasteiger charge is -2.27. The SMILES string of the molecule is CN1CCOc2ccccc2C(=O)N[C@H](C(=O)NCCN2CCCCC2)CCC(=O)N[C@@H](CC(N)=O)C1=O. The number of likely N-dealkylation sites (N-methyl/N-ethyl adjacent to an activating group) is 1. The summed E-state index contributed by atoms with van der Waals surface area (Å²) in [6, 6.07) is 4.46. The van der Waals surface area contributed by atoms with Gasteiger partial charge in [-0.2, -0.15) is 0 Å². The Morgan fingerprint density at radius 1 is 1.08 bits per heavy atom. The van der Waals surface area contributed by atoms with E-state index in [0.717, 1.165) is 25.9 Å².